The van der Waals surface area contributed by atoms with Crippen LogP contribution in [0.3, 0.4) is 0 Å². The van der Waals surface area contributed by atoms with Gasteiger partial charge in [0, 0.05) is 43.2 Å². The summed E-state index contributed by atoms with van der Waals surface area (Å²) in [5.74, 6) is -0.00670. The Balaban J connectivity index is 1.34. The lowest BCUT2D eigenvalue weighted by molar-refractivity contribution is -0.0292. The normalized spacial score (nSPS) is 21.5. The first kappa shape index (κ1) is 20.1. The molecule has 0 aliphatic carbocycles. The molecule has 0 spiro atoms. The molecule has 1 amide bonds. The summed E-state index contributed by atoms with van der Waals surface area (Å²) in [4.78, 5) is 14.9. The zero-order valence-corrected chi connectivity index (χ0v) is 16.6. The number of hydrogen-bond acceptors (Lipinski definition) is 5. The average molecular weight is 420 g/mol. The van der Waals surface area contributed by atoms with Crippen molar-refractivity contribution in [2.24, 2.45) is 5.73 Å². The van der Waals surface area contributed by atoms with E-state index < -0.39 is 6.23 Å². The standard InChI is InChI=1S/C21H23ClFN3O3/c22-15-7-14-8-19(24)29-20(14)18(9-15)21(27)25-10-17-12-26(5-6-28-17)11-13-1-3-16(23)4-2-13/h1-4,7,9,17,19H,5-6,8,10-12,24H2,(H,25,27). The Morgan fingerprint density at radius 2 is 2.10 bits per heavy atom. The number of rotatable bonds is 5. The SMILES string of the molecule is NC1Cc2cc(Cl)cc(C(=O)NCC3CN(Cc4ccc(F)cc4)CCO3)c2O1. The Labute approximate surface area is 173 Å². The van der Waals surface area contributed by atoms with Crippen LogP contribution in [0.2, 0.25) is 5.02 Å². The first-order chi connectivity index (χ1) is 14.0. The van der Waals surface area contributed by atoms with E-state index in [4.69, 9.17) is 26.8 Å². The van der Waals surface area contributed by atoms with E-state index in [2.05, 4.69) is 10.2 Å². The van der Waals surface area contributed by atoms with E-state index in [-0.39, 0.29) is 17.8 Å². The van der Waals surface area contributed by atoms with Crippen LogP contribution < -0.4 is 15.8 Å². The maximum atomic E-state index is 13.1. The predicted octanol–water partition coefficient (Wildman–Crippen LogP) is 2.33. The molecule has 0 bridgehead atoms. The quantitative estimate of drug-likeness (QED) is 0.777. The molecule has 2 aliphatic rings. The van der Waals surface area contributed by atoms with Gasteiger partial charge in [-0.05, 0) is 29.8 Å². The second kappa shape index (κ2) is 8.67. The molecule has 4 rings (SSSR count). The van der Waals surface area contributed by atoms with Gasteiger partial charge in [0.2, 0.25) is 0 Å². The van der Waals surface area contributed by atoms with Crippen LogP contribution in [-0.2, 0) is 17.7 Å². The van der Waals surface area contributed by atoms with Crippen LogP contribution in [0.1, 0.15) is 21.5 Å². The van der Waals surface area contributed by atoms with Crippen LogP contribution in [-0.4, -0.2) is 49.4 Å². The fourth-order valence-corrected chi connectivity index (χ4v) is 3.96. The summed E-state index contributed by atoms with van der Waals surface area (Å²) in [5.41, 5.74) is 8.11. The molecule has 2 aromatic carbocycles. The highest BCUT2D eigenvalue weighted by Crippen LogP contribution is 2.34. The Morgan fingerprint density at radius 3 is 2.90 bits per heavy atom. The largest absolute Gasteiger partial charge is 0.474 e. The number of carbonyl (C=O) groups is 1. The van der Waals surface area contributed by atoms with E-state index in [9.17, 15) is 9.18 Å². The van der Waals surface area contributed by atoms with Gasteiger partial charge in [-0.25, -0.2) is 4.39 Å². The van der Waals surface area contributed by atoms with Crippen LogP contribution in [0.5, 0.6) is 5.75 Å². The molecule has 2 heterocycles. The number of nitrogens with zero attached hydrogens (tertiary/aromatic N) is 1. The first-order valence-electron chi connectivity index (χ1n) is 9.59. The maximum Gasteiger partial charge on any atom is 0.255 e. The highest BCUT2D eigenvalue weighted by molar-refractivity contribution is 6.31. The van der Waals surface area contributed by atoms with Crippen molar-refractivity contribution in [1.82, 2.24) is 10.2 Å². The van der Waals surface area contributed by atoms with Crippen LogP contribution >= 0.6 is 11.6 Å². The summed E-state index contributed by atoms with van der Waals surface area (Å²) >= 11 is 6.14. The minimum absolute atomic E-state index is 0.136. The number of nitrogens with two attached hydrogens (primary N) is 1. The maximum absolute atomic E-state index is 13.1. The minimum Gasteiger partial charge on any atom is -0.474 e. The lowest BCUT2D eigenvalue weighted by atomic mass is 10.1. The smallest absolute Gasteiger partial charge is 0.255 e. The Kier molecular flexibility index (Phi) is 6.01. The van der Waals surface area contributed by atoms with Crippen molar-refractivity contribution in [3.8, 4) is 5.75 Å². The van der Waals surface area contributed by atoms with Crippen molar-refractivity contribution in [3.05, 3.63) is 63.9 Å². The lowest BCUT2D eigenvalue weighted by Gasteiger charge is -2.33. The van der Waals surface area contributed by atoms with Gasteiger partial charge in [0.15, 0.2) is 6.23 Å². The molecule has 8 heteroatoms. The molecule has 0 aromatic heterocycles. The van der Waals surface area contributed by atoms with Crippen molar-refractivity contribution >= 4 is 17.5 Å². The van der Waals surface area contributed by atoms with Crippen molar-refractivity contribution in [2.75, 3.05) is 26.2 Å². The third-order valence-corrected chi connectivity index (χ3v) is 5.32. The summed E-state index contributed by atoms with van der Waals surface area (Å²) in [6.45, 7) is 3.11. The van der Waals surface area contributed by atoms with Gasteiger partial charge >= 0.3 is 0 Å². The van der Waals surface area contributed by atoms with E-state index in [0.717, 1.165) is 17.7 Å². The number of nitrogens with one attached hydrogen (secondary N) is 1. The second-order valence-corrected chi connectivity index (χ2v) is 7.80. The second-order valence-electron chi connectivity index (χ2n) is 7.37. The molecule has 154 valence electrons. The van der Waals surface area contributed by atoms with Gasteiger partial charge in [-0.15, -0.1) is 0 Å². The zero-order valence-electron chi connectivity index (χ0n) is 15.9. The van der Waals surface area contributed by atoms with Crippen LogP contribution in [0, 0.1) is 5.82 Å². The van der Waals surface area contributed by atoms with Crippen LogP contribution in [0.25, 0.3) is 0 Å². The third-order valence-electron chi connectivity index (χ3n) is 5.10. The first-order valence-corrected chi connectivity index (χ1v) is 9.97. The highest BCUT2D eigenvalue weighted by atomic mass is 35.5. The van der Waals surface area contributed by atoms with Crippen molar-refractivity contribution < 1.29 is 18.7 Å². The van der Waals surface area contributed by atoms with Gasteiger partial charge in [0.1, 0.15) is 11.6 Å². The number of amides is 1. The molecule has 3 N–H and O–H groups in total. The lowest BCUT2D eigenvalue weighted by Crippen LogP contribution is -2.47. The van der Waals surface area contributed by atoms with Crippen molar-refractivity contribution in [2.45, 2.75) is 25.3 Å². The number of hydrogen-bond donors (Lipinski definition) is 2. The molecule has 1 fully saturated rings. The number of carbonyl (C=O) groups excluding carboxylic acids is 1. The van der Waals surface area contributed by atoms with E-state index in [1.54, 1.807) is 24.3 Å². The summed E-state index contributed by atoms with van der Waals surface area (Å²) < 4.78 is 24.5. The molecular formula is C21H23ClFN3O3. The summed E-state index contributed by atoms with van der Waals surface area (Å²) in [6, 6.07) is 9.86. The zero-order chi connectivity index (χ0) is 20.4. The molecule has 2 aliphatic heterocycles. The topological polar surface area (TPSA) is 76.8 Å². The van der Waals surface area contributed by atoms with Gasteiger partial charge in [-0.3, -0.25) is 15.4 Å². The van der Waals surface area contributed by atoms with Crippen molar-refractivity contribution in [1.29, 1.82) is 0 Å². The van der Waals surface area contributed by atoms with Gasteiger partial charge in [-0.2, -0.15) is 0 Å². The van der Waals surface area contributed by atoms with E-state index >= 15 is 0 Å². The average Bonchev–Trinajstić information content (AvgIpc) is 3.07. The van der Waals surface area contributed by atoms with E-state index in [0.29, 0.717) is 49.0 Å². The Morgan fingerprint density at radius 1 is 1.31 bits per heavy atom. The molecule has 0 radical (unpaired) electrons. The number of ether oxygens (including phenoxy) is 2. The number of morpholine rings is 1. The molecule has 2 aromatic rings. The molecule has 6 nitrogen and oxygen atoms in total. The van der Waals surface area contributed by atoms with Gasteiger partial charge in [-0.1, -0.05) is 23.7 Å². The number of fused-ring (bicyclic) bond motifs is 1. The monoisotopic (exact) mass is 419 g/mol. The van der Waals surface area contributed by atoms with Gasteiger partial charge in [0.25, 0.3) is 5.91 Å². The molecule has 2 unspecified atom stereocenters. The van der Waals surface area contributed by atoms with Crippen LogP contribution in [0.15, 0.2) is 36.4 Å². The molecule has 1 saturated heterocycles. The van der Waals surface area contributed by atoms with Gasteiger partial charge in [0.05, 0.1) is 18.3 Å². The van der Waals surface area contributed by atoms with E-state index in [1.165, 1.54) is 12.1 Å². The molecular weight excluding hydrogens is 397 g/mol. The molecule has 29 heavy (non-hydrogen) atoms. The van der Waals surface area contributed by atoms with Crippen molar-refractivity contribution in [3.63, 3.8) is 0 Å². The Hall–Kier alpha value is -2.19. The minimum atomic E-state index is -0.461. The fraction of sp³-hybridized carbons (Fsp3) is 0.381. The van der Waals surface area contributed by atoms with Gasteiger partial charge < -0.3 is 14.8 Å². The number of benzene rings is 2. The summed E-state index contributed by atoms with van der Waals surface area (Å²) in [5, 5.41) is 3.39. The number of halogens is 2. The summed E-state index contributed by atoms with van der Waals surface area (Å²) in [6.07, 6.45) is -0.0689. The Bertz CT molecular complexity index is 893. The third kappa shape index (κ3) is 4.87. The molecule has 0 saturated carbocycles. The van der Waals surface area contributed by atoms with E-state index in [1.807, 2.05) is 0 Å². The van der Waals surface area contributed by atoms with Crippen LogP contribution in [0.4, 0.5) is 4.39 Å². The fourth-order valence-electron chi connectivity index (χ4n) is 3.72. The highest BCUT2D eigenvalue weighted by Gasteiger charge is 2.27. The predicted molar refractivity (Wildman–Crippen MR) is 108 cm³/mol. The molecule has 2 atom stereocenters. The summed E-state index contributed by atoms with van der Waals surface area (Å²) in [7, 11) is 0.